The van der Waals surface area contributed by atoms with Crippen LogP contribution in [0, 0.1) is 17.2 Å². The summed E-state index contributed by atoms with van der Waals surface area (Å²) in [6.45, 7) is 4.49. The fourth-order valence-electron chi connectivity index (χ4n) is 0.694. The molecule has 0 spiro atoms. The Morgan fingerprint density at radius 1 is 1.29 bits per heavy atom. The second kappa shape index (κ2) is 6.89. The number of rotatable bonds is 5. The fourth-order valence-corrected chi connectivity index (χ4v) is 0.694. The highest BCUT2D eigenvalue weighted by Crippen LogP contribution is 1.86. The van der Waals surface area contributed by atoms with Crippen molar-refractivity contribution in [2.24, 2.45) is 5.92 Å². The largest absolute Gasteiger partial charge is 0.354 e. The number of hydrogen-bond donors (Lipinski definition) is 2. The minimum atomic E-state index is -0.424. The molecule has 2 amide bonds. The molecule has 0 saturated heterocycles. The van der Waals surface area contributed by atoms with Crippen LogP contribution in [0.5, 0.6) is 0 Å². The number of carbonyl (C=O) groups is 2. The van der Waals surface area contributed by atoms with Crippen molar-refractivity contribution in [1.82, 2.24) is 10.6 Å². The number of nitriles is 1. The number of hydrogen-bond acceptors (Lipinski definition) is 3. The zero-order valence-corrected chi connectivity index (χ0v) is 8.46. The summed E-state index contributed by atoms with van der Waals surface area (Å²) in [4.78, 5) is 21.8. The van der Waals surface area contributed by atoms with E-state index in [0.717, 1.165) is 0 Å². The lowest BCUT2D eigenvalue weighted by molar-refractivity contribution is -0.125. The molecule has 5 nitrogen and oxygen atoms in total. The Bertz CT molecular complexity index is 243. The van der Waals surface area contributed by atoms with Gasteiger partial charge in [-0.25, -0.2) is 0 Å². The summed E-state index contributed by atoms with van der Waals surface area (Å²) in [6.07, 6.45) is -0.211. The Morgan fingerprint density at radius 3 is 2.43 bits per heavy atom. The number of amides is 2. The maximum atomic E-state index is 11.0. The van der Waals surface area contributed by atoms with Gasteiger partial charge in [0.25, 0.3) is 0 Å². The molecule has 0 fully saturated rings. The molecular formula is C9H15N3O2. The molecule has 0 aromatic carbocycles. The molecule has 0 saturated carbocycles. The van der Waals surface area contributed by atoms with Gasteiger partial charge in [0.15, 0.2) is 0 Å². The van der Waals surface area contributed by atoms with Crippen molar-refractivity contribution in [1.29, 1.82) is 5.26 Å². The summed E-state index contributed by atoms with van der Waals surface area (Å²) < 4.78 is 0. The quantitative estimate of drug-likeness (QED) is 0.639. The molecule has 0 bridgehead atoms. The lowest BCUT2D eigenvalue weighted by Crippen LogP contribution is -2.38. The maximum Gasteiger partial charge on any atom is 0.239 e. The van der Waals surface area contributed by atoms with Crippen molar-refractivity contribution < 1.29 is 9.59 Å². The molecule has 5 heteroatoms. The summed E-state index contributed by atoms with van der Waals surface area (Å²) in [5, 5.41) is 13.1. The van der Waals surface area contributed by atoms with Crippen LogP contribution in [0.15, 0.2) is 0 Å². The highest BCUT2D eigenvalue weighted by atomic mass is 16.2. The number of carbonyl (C=O) groups excluding carboxylic acids is 2. The van der Waals surface area contributed by atoms with Gasteiger partial charge in [-0.1, -0.05) is 13.8 Å². The van der Waals surface area contributed by atoms with E-state index in [1.54, 1.807) is 6.07 Å². The molecule has 14 heavy (non-hydrogen) atoms. The SMILES string of the molecule is CC(C)CNC(=O)CNC(=O)CC#N. The first-order valence-corrected chi connectivity index (χ1v) is 4.46. The van der Waals surface area contributed by atoms with E-state index in [2.05, 4.69) is 10.6 Å². The molecule has 0 aliphatic rings. The molecule has 0 radical (unpaired) electrons. The summed E-state index contributed by atoms with van der Waals surface area (Å²) in [5.41, 5.74) is 0. The van der Waals surface area contributed by atoms with Gasteiger partial charge >= 0.3 is 0 Å². The fraction of sp³-hybridized carbons (Fsp3) is 0.667. The van der Waals surface area contributed by atoms with Gasteiger partial charge < -0.3 is 10.6 Å². The average Bonchev–Trinajstić information content (AvgIpc) is 2.12. The van der Waals surface area contributed by atoms with Crippen LogP contribution < -0.4 is 10.6 Å². The summed E-state index contributed by atoms with van der Waals surface area (Å²) in [7, 11) is 0. The number of nitrogens with zero attached hydrogens (tertiary/aromatic N) is 1. The average molecular weight is 197 g/mol. The van der Waals surface area contributed by atoms with Gasteiger partial charge in [-0.05, 0) is 5.92 Å². The first-order chi connectivity index (χ1) is 6.56. The van der Waals surface area contributed by atoms with Gasteiger partial charge in [-0.3, -0.25) is 9.59 Å². The molecule has 0 heterocycles. The first-order valence-electron chi connectivity index (χ1n) is 4.46. The van der Waals surface area contributed by atoms with E-state index in [1.807, 2.05) is 13.8 Å². The van der Waals surface area contributed by atoms with Crippen LogP contribution in [0.1, 0.15) is 20.3 Å². The van der Waals surface area contributed by atoms with Crippen molar-refractivity contribution in [3.8, 4) is 6.07 Å². The molecule has 0 aromatic rings. The molecule has 0 atom stereocenters. The van der Waals surface area contributed by atoms with Crippen molar-refractivity contribution in [3.05, 3.63) is 0 Å². The second-order valence-electron chi connectivity index (χ2n) is 3.31. The normalized spacial score (nSPS) is 9.29. The van der Waals surface area contributed by atoms with E-state index >= 15 is 0 Å². The minimum absolute atomic E-state index is 0.0623. The third kappa shape index (κ3) is 7.10. The van der Waals surface area contributed by atoms with Gasteiger partial charge in [0.05, 0.1) is 12.6 Å². The van der Waals surface area contributed by atoms with Gasteiger partial charge in [0.1, 0.15) is 6.42 Å². The van der Waals surface area contributed by atoms with Crippen molar-refractivity contribution in [2.45, 2.75) is 20.3 Å². The van der Waals surface area contributed by atoms with E-state index in [-0.39, 0.29) is 18.9 Å². The van der Waals surface area contributed by atoms with E-state index in [0.29, 0.717) is 12.5 Å². The maximum absolute atomic E-state index is 11.0. The van der Waals surface area contributed by atoms with Crippen LogP contribution in [0.25, 0.3) is 0 Å². The lowest BCUT2D eigenvalue weighted by atomic mass is 10.2. The summed E-state index contributed by atoms with van der Waals surface area (Å²) in [5.74, 6) is -0.272. The molecule has 0 aromatic heterocycles. The van der Waals surface area contributed by atoms with Gasteiger partial charge in [0, 0.05) is 6.54 Å². The van der Waals surface area contributed by atoms with E-state index < -0.39 is 5.91 Å². The predicted molar refractivity (Wildman–Crippen MR) is 51.1 cm³/mol. The molecule has 2 N–H and O–H groups in total. The first kappa shape index (κ1) is 12.4. The Balaban J connectivity index is 3.55. The zero-order valence-electron chi connectivity index (χ0n) is 8.46. The highest BCUT2D eigenvalue weighted by molar-refractivity contribution is 5.85. The Hall–Kier alpha value is -1.57. The summed E-state index contributed by atoms with van der Waals surface area (Å²) >= 11 is 0. The molecule has 0 aliphatic heterocycles. The van der Waals surface area contributed by atoms with Crippen LogP contribution in [0.3, 0.4) is 0 Å². The minimum Gasteiger partial charge on any atom is -0.354 e. The van der Waals surface area contributed by atoms with Gasteiger partial charge in [0.2, 0.25) is 11.8 Å². The molecule has 0 rings (SSSR count). The smallest absolute Gasteiger partial charge is 0.239 e. The Kier molecular flexibility index (Phi) is 6.12. The van der Waals surface area contributed by atoms with E-state index in [1.165, 1.54) is 0 Å². The van der Waals surface area contributed by atoms with Crippen molar-refractivity contribution in [2.75, 3.05) is 13.1 Å². The summed E-state index contributed by atoms with van der Waals surface area (Å²) in [6, 6.07) is 1.70. The zero-order chi connectivity index (χ0) is 11.0. The van der Waals surface area contributed by atoms with Crippen LogP contribution in [0.4, 0.5) is 0 Å². The van der Waals surface area contributed by atoms with E-state index in [9.17, 15) is 9.59 Å². The molecule has 78 valence electrons. The van der Waals surface area contributed by atoms with Crippen molar-refractivity contribution >= 4 is 11.8 Å². The Morgan fingerprint density at radius 2 is 1.93 bits per heavy atom. The molecule has 0 aliphatic carbocycles. The topological polar surface area (TPSA) is 82.0 Å². The van der Waals surface area contributed by atoms with Gasteiger partial charge in [-0.15, -0.1) is 0 Å². The number of nitrogens with one attached hydrogen (secondary N) is 2. The van der Waals surface area contributed by atoms with Crippen LogP contribution in [0.2, 0.25) is 0 Å². The van der Waals surface area contributed by atoms with Gasteiger partial charge in [-0.2, -0.15) is 5.26 Å². The third-order valence-corrected chi connectivity index (χ3v) is 1.39. The van der Waals surface area contributed by atoms with E-state index in [4.69, 9.17) is 5.26 Å². The molecule has 0 unspecified atom stereocenters. The predicted octanol–water partition coefficient (Wildman–Crippen LogP) is -0.212. The van der Waals surface area contributed by atoms with Crippen LogP contribution >= 0.6 is 0 Å². The Labute approximate surface area is 83.5 Å². The third-order valence-electron chi connectivity index (χ3n) is 1.39. The highest BCUT2D eigenvalue weighted by Gasteiger charge is 2.04. The van der Waals surface area contributed by atoms with Crippen LogP contribution in [-0.2, 0) is 9.59 Å². The molecular weight excluding hydrogens is 182 g/mol. The second-order valence-corrected chi connectivity index (χ2v) is 3.31. The lowest BCUT2D eigenvalue weighted by Gasteiger charge is -2.07. The standard InChI is InChI=1S/C9H15N3O2/c1-7(2)5-11-9(14)6-12-8(13)3-4-10/h7H,3,5-6H2,1-2H3,(H,11,14)(H,12,13). The monoisotopic (exact) mass is 197 g/mol. The van der Waals surface area contributed by atoms with Crippen LogP contribution in [-0.4, -0.2) is 24.9 Å². The van der Waals surface area contributed by atoms with Crippen molar-refractivity contribution in [3.63, 3.8) is 0 Å².